The Kier molecular flexibility index (Phi) is 9.05. The number of aromatic nitrogens is 4. The zero-order valence-corrected chi connectivity index (χ0v) is 34.6. The molecule has 294 valence electrons. The Labute approximate surface area is 360 Å². The lowest BCUT2D eigenvalue weighted by atomic mass is 9.94. The van der Waals surface area contributed by atoms with Crippen molar-refractivity contribution in [2.75, 3.05) is 0 Å². The lowest BCUT2D eigenvalue weighted by Crippen LogP contribution is -2.03. The standard InChI is InChI=1S/C58H42N4/c1-4-18-38(5-2)41-30-29-40(39(6-3)35-41)32-34-52-48-24-12-15-26-51(48)59-58(60-52)62-54-28-17-14-25-49(54)57-47-23-11-10-21-44(47)50(37-56(57)62)42-31-33-46-45-22-13-16-27-53(45)61(55(46)36-42)43-19-8-7-9-20-43/h4-37H,3H2,1-2H3/b18-4-,34-32+,38-5+. The van der Waals surface area contributed by atoms with Crippen molar-refractivity contribution in [1.29, 1.82) is 0 Å². The van der Waals surface area contributed by atoms with Gasteiger partial charge in [-0.2, -0.15) is 0 Å². The predicted molar refractivity (Wildman–Crippen MR) is 265 cm³/mol. The summed E-state index contributed by atoms with van der Waals surface area (Å²) in [5, 5.41) is 8.18. The maximum absolute atomic E-state index is 5.41. The molecule has 0 spiro atoms. The third-order valence-corrected chi connectivity index (χ3v) is 12.2. The Balaban J connectivity index is 1.14. The van der Waals surface area contributed by atoms with Gasteiger partial charge in [-0.05, 0) is 113 Å². The predicted octanol–water partition coefficient (Wildman–Crippen LogP) is 15.4. The molecule has 4 heteroatoms. The van der Waals surface area contributed by atoms with Gasteiger partial charge in [0.05, 0.1) is 33.3 Å². The molecule has 11 aromatic rings. The van der Waals surface area contributed by atoms with Crippen LogP contribution in [-0.2, 0) is 0 Å². The van der Waals surface area contributed by atoms with Crippen LogP contribution < -0.4 is 0 Å². The maximum atomic E-state index is 5.41. The molecule has 0 N–H and O–H groups in total. The first-order chi connectivity index (χ1) is 30.6. The van der Waals surface area contributed by atoms with E-state index in [0.717, 1.165) is 66.5 Å². The van der Waals surface area contributed by atoms with Gasteiger partial charge in [-0.1, -0.05) is 158 Å². The Morgan fingerprint density at radius 3 is 1.97 bits per heavy atom. The van der Waals surface area contributed by atoms with Crippen molar-refractivity contribution in [3.63, 3.8) is 0 Å². The summed E-state index contributed by atoms with van der Waals surface area (Å²) in [6.45, 7) is 8.28. The van der Waals surface area contributed by atoms with Crippen LogP contribution in [0.1, 0.15) is 36.2 Å². The summed E-state index contributed by atoms with van der Waals surface area (Å²) < 4.78 is 4.65. The van der Waals surface area contributed by atoms with Crippen molar-refractivity contribution in [2.45, 2.75) is 13.8 Å². The molecule has 0 bridgehead atoms. The average Bonchev–Trinajstić information content (AvgIpc) is 3.85. The molecular weight excluding hydrogens is 753 g/mol. The van der Waals surface area contributed by atoms with Gasteiger partial charge in [-0.25, -0.2) is 9.97 Å². The van der Waals surface area contributed by atoms with E-state index in [1.54, 1.807) is 0 Å². The Morgan fingerprint density at radius 2 is 1.19 bits per heavy atom. The molecular formula is C58H42N4. The van der Waals surface area contributed by atoms with Crippen LogP contribution in [0.25, 0.3) is 112 Å². The third kappa shape index (κ3) is 5.99. The zero-order valence-electron chi connectivity index (χ0n) is 34.6. The molecule has 0 atom stereocenters. The van der Waals surface area contributed by atoms with Gasteiger partial charge >= 0.3 is 0 Å². The van der Waals surface area contributed by atoms with Crippen molar-refractivity contribution >= 4 is 89.1 Å². The highest BCUT2D eigenvalue weighted by atomic mass is 15.2. The second-order valence-electron chi connectivity index (χ2n) is 15.7. The van der Waals surface area contributed by atoms with Crippen molar-refractivity contribution in [3.05, 3.63) is 217 Å². The first-order valence-electron chi connectivity index (χ1n) is 21.2. The molecule has 8 aromatic carbocycles. The van der Waals surface area contributed by atoms with E-state index >= 15 is 0 Å². The van der Waals surface area contributed by atoms with Crippen molar-refractivity contribution in [2.24, 2.45) is 0 Å². The molecule has 0 amide bonds. The highest BCUT2D eigenvalue weighted by Gasteiger charge is 2.21. The van der Waals surface area contributed by atoms with E-state index in [9.17, 15) is 0 Å². The summed E-state index contributed by atoms with van der Waals surface area (Å²) >= 11 is 0. The van der Waals surface area contributed by atoms with E-state index in [-0.39, 0.29) is 0 Å². The Morgan fingerprint density at radius 1 is 0.516 bits per heavy atom. The number of benzene rings is 8. The fourth-order valence-electron chi connectivity index (χ4n) is 9.38. The number of fused-ring (bicyclic) bond motifs is 9. The quantitative estimate of drug-likeness (QED) is 0.144. The van der Waals surface area contributed by atoms with Crippen LogP contribution in [0.5, 0.6) is 0 Å². The first kappa shape index (κ1) is 37.0. The monoisotopic (exact) mass is 794 g/mol. The van der Waals surface area contributed by atoms with Crippen molar-refractivity contribution < 1.29 is 0 Å². The van der Waals surface area contributed by atoms with Gasteiger partial charge in [0.1, 0.15) is 0 Å². The first-order valence-corrected chi connectivity index (χ1v) is 21.2. The number of nitrogens with zero attached hydrogens (tertiary/aromatic N) is 4. The van der Waals surface area contributed by atoms with Gasteiger partial charge in [0.15, 0.2) is 0 Å². The van der Waals surface area contributed by atoms with Crippen LogP contribution in [0.15, 0.2) is 195 Å². The number of para-hydroxylation sites is 4. The lowest BCUT2D eigenvalue weighted by molar-refractivity contribution is 1.01. The number of hydrogen-bond acceptors (Lipinski definition) is 2. The molecule has 0 aliphatic carbocycles. The normalized spacial score (nSPS) is 12.4. The molecule has 0 saturated carbocycles. The molecule has 3 aromatic heterocycles. The molecule has 0 unspecified atom stereocenters. The largest absolute Gasteiger partial charge is 0.309 e. The molecule has 11 rings (SSSR count). The molecule has 4 nitrogen and oxygen atoms in total. The van der Waals surface area contributed by atoms with E-state index in [0.29, 0.717) is 5.95 Å². The summed E-state index contributed by atoms with van der Waals surface area (Å²) in [6.07, 6.45) is 12.5. The van der Waals surface area contributed by atoms with Crippen molar-refractivity contribution in [3.8, 4) is 22.8 Å². The van der Waals surface area contributed by atoms with Crippen LogP contribution in [0.2, 0.25) is 0 Å². The molecule has 3 heterocycles. The van der Waals surface area contributed by atoms with Gasteiger partial charge in [0.25, 0.3) is 0 Å². The van der Waals surface area contributed by atoms with Gasteiger partial charge in [-0.3, -0.25) is 4.57 Å². The zero-order chi connectivity index (χ0) is 41.7. The minimum atomic E-state index is 0.624. The topological polar surface area (TPSA) is 35.6 Å². The summed E-state index contributed by atoms with van der Waals surface area (Å²) in [7, 11) is 0. The van der Waals surface area contributed by atoms with Gasteiger partial charge in [0, 0.05) is 32.6 Å². The minimum absolute atomic E-state index is 0.624. The Bertz CT molecular complexity index is 3670. The Hall–Kier alpha value is -8.08. The summed E-state index contributed by atoms with van der Waals surface area (Å²) in [5.74, 6) is 0.624. The van der Waals surface area contributed by atoms with Crippen LogP contribution in [0, 0.1) is 0 Å². The van der Waals surface area contributed by atoms with E-state index in [1.165, 1.54) is 43.5 Å². The van der Waals surface area contributed by atoms with Crippen LogP contribution in [0.3, 0.4) is 0 Å². The van der Waals surface area contributed by atoms with E-state index in [2.05, 4.69) is 217 Å². The molecule has 0 fully saturated rings. The summed E-state index contributed by atoms with van der Waals surface area (Å²) in [5.41, 5.74) is 14.1. The summed E-state index contributed by atoms with van der Waals surface area (Å²) in [6, 6.07) is 60.9. The molecule has 0 aliphatic rings. The average molecular weight is 795 g/mol. The van der Waals surface area contributed by atoms with Crippen molar-refractivity contribution in [1.82, 2.24) is 19.1 Å². The second kappa shape index (κ2) is 15.2. The van der Waals surface area contributed by atoms with E-state index in [4.69, 9.17) is 9.97 Å². The van der Waals surface area contributed by atoms with Crippen LogP contribution in [-0.4, -0.2) is 19.1 Å². The smallest absolute Gasteiger partial charge is 0.235 e. The third-order valence-electron chi connectivity index (χ3n) is 12.2. The molecule has 62 heavy (non-hydrogen) atoms. The number of hydrogen-bond donors (Lipinski definition) is 0. The highest BCUT2D eigenvalue weighted by molar-refractivity contribution is 6.24. The molecule has 0 saturated heterocycles. The van der Waals surface area contributed by atoms with E-state index in [1.807, 2.05) is 19.1 Å². The summed E-state index contributed by atoms with van der Waals surface area (Å²) in [4.78, 5) is 10.7. The SMILES string of the molecule is C=Cc1cc(C(/C=C\C)=C/C)ccc1/C=C/c1nc(-n2c3ccccc3c3c4ccccc4c(-c4ccc5c6ccccc6n(-c6ccccc6)c5c4)cc32)nc2ccccc12. The van der Waals surface area contributed by atoms with E-state index < -0.39 is 0 Å². The number of rotatable bonds is 8. The second-order valence-corrected chi connectivity index (χ2v) is 15.7. The van der Waals surface area contributed by atoms with Gasteiger partial charge < -0.3 is 4.57 Å². The maximum Gasteiger partial charge on any atom is 0.235 e. The number of allylic oxidation sites excluding steroid dienone is 4. The fourth-order valence-corrected chi connectivity index (χ4v) is 9.38. The van der Waals surface area contributed by atoms with Crippen LogP contribution >= 0.6 is 0 Å². The highest BCUT2D eigenvalue weighted by Crippen LogP contribution is 2.43. The lowest BCUT2D eigenvalue weighted by Gasteiger charge is -2.13. The molecule has 0 aliphatic heterocycles. The fraction of sp³-hybridized carbons (Fsp3) is 0.0345. The van der Waals surface area contributed by atoms with Crippen LogP contribution in [0.4, 0.5) is 0 Å². The van der Waals surface area contributed by atoms with Gasteiger partial charge in [-0.15, -0.1) is 0 Å². The van der Waals surface area contributed by atoms with Gasteiger partial charge in [0.2, 0.25) is 5.95 Å². The molecule has 0 radical (unpaired) electrons. The minimum Gasteiger partial charge on any atom is -0.309 e.